The maximum Gasteiger partial charge on any atom is 0.241 e. The molecule has 0 fully saturated rings. The second-order valence-electron chi connectivity index (χ2n) is 4.38. The van der Waals surface area contributed by atoms with Crippen molar-refractivity contribution < 1.29 is 13.2 Å². The molecule has 0 aromatic heterocycles. The number of hydrogen-bond donors (Lipinski definition) is 2. The molecule has 114 valence electrons. The average Bonchev–Trinajstić information content (AvgIpc) is 2.35. The van der Waals surface area contributed by atoms with Crippen molar-refractivity contribution in [1.29, 1.82) is 0 Å². The van der Waals surface area contributed by atoms with E-state index >= 15 is 0 Å². The Morgan fingerprint density at radius 2 is 2.10 bits per heavy atom. The van der Waals surface area contributed by atoms with Gasteiger partial charge in [-0.15, -0.1) is 0 Å². The van der Waals surface area contributed by atoms with Gasteiger partial charge in [0.25, 0.3) is 0 Å². The zero-order valence-electron chi connectivity index (χ0n) is 11.6. The van der Waals surface area contributed by atoms with Crippen LogP contribution in [-0.4, -0.2) is 53.7 Å². The lowest BCUT2D eigenvalue weighted by Gasteiger charge is -2.16. The monoisotopic (exact) mass is 365 g/mol. The molecule has 0 heterocycles. The van der Waals surface area contributed by atoms with Gasteiger partial charge in [0.05, 0.1) is 11.5 Å². The highest BCUT2D eigenvalue weighted by atomic mass is 79.9. The number of halogens is 1. The summed E-state index contributed by atoms with van der Waals surface area (Å²) in [6, 6.07) is 4.61. The Hall–Kier alpha value is -0.670. The topological polar surface area (TPSA) is 84.7 Å². The van der Waals surface area contributed by atoms with Gasteiger partial charge in [-0.3, -0.25) is 0 Å². The summed E-state index contributed by atoms with van der Waals surface area (Å²) in [6.45, 7) is 2.31. The molecule has 0 aliphatic heterocycles. The lowest BCUT2D eigenvalue weighted by atomic mass is 10.3. The highest BCUT2D eigenvalue weighted by molar-refractivity contribution is 9.10. The molecule has 1 rings (SSSR count). The van der Waals surface area contributed by atoms with Crippen molar-refractivity contribution in [2.75, 3.05) is 46.1 Å². The minimum atomic E-state index is -3.53. The third kappa shape index (κ3) is 5.37. The van der Waals surface area contributed by atoms with Crippen LogP contribution in [0.1, 0.15) is 0 Å². The molecular weight excluding hydrogens is 346 g/mol. The van der Waals surface area contributed by atoms with E-state index in [0.717, 1.165) is 6.54 Å². The molecule has 0 spiro atoms. The van der Waals surface area contributed by atoms with Gasteiger partial charge in [0.2, 0.25) is 10.0 Å². The Balaban J connectivity index is 2.58. The second kappa shape index (κ2) is 7.94. The summed E-state index contributed by atoms with van der Waals surface area (Å²) in [5.41, 5.74) is 6.10. The third-order valence-corrected chi connectivity index (χ3v) is 5.15. The molecule has 20 heavy (non-hydrogen) atoms. The smallest absolute Gasteiger partial charge is 0.241 e. The average molecular weight is 366 g/mol. The van der Waals surface area contributed by atoms with Crippen molar-refractivity contribution in [3.05, 3.63) is 22.7 Å². The predicted octanol–water partition coefficient (Wildman–Crippen LogP) is 0.888. The number of benzene rings is 1. The van der Waals surface area contributed by atoms with E-state index in [1.807, 2.05) is 11.9 Å². The van der Waals surface area contributed by atoms with Crippen LogP contribution in [0.25, 0.3) is 0 Å². The number of nitrogens with one attached hydrogen (secondary N) is 1. The van der Waals surface area contributed by atoms with E-state index in [0.29, 0.717) is 29.9 Å². The van der Waals surface area contributed by atoms with Crippen LogP contribution in [0.4, 0.5) is 5.69 Å². The number of sulfonamides is 1. The Kier molecular flexibility index (Phi) is 6.90. The van der Waals surface area contributed by atoms with E-state index in [4.69, 9.17) is 10.5 Å². The minimum absolute atomic E-state index is 0.186. The molecular formula is C12H20BrN3O3S. The summed E-state index contributed by atoms with van der Waals surface area (Å²) in [4.78, 5) is 2.18. The van der Waals surface area contributed by atoms with E-state index in [1.165, 1.54) is 6.07 Å². The number of nitrogens with two attached hydrogens (primary N) is 1. The first kappa shape index (κ1) is 17.4. The van der Waals surface area contributed by atoms with E-state index in [2.05, 4.69) is 20.7 Å². The van der Waals surface area contributed by atoms with Gasteiger partial charge in [-0.25, -0.2) is 13.1 Å². The summed E-state index contributed by atoms with van der Waals surface area (Å²) in [5.74, 6) is 0. The first-order valence-corrected chi connectivity index (χ1v) is 8.36. The highest BCUT2D eigenvalue weighted by Gasteiger charge is 2.17. The molecule has 6 nitrogen and oxygen atoms in total. The summed E-state index contributed by atoms with van der Waals surface area (Å²) in [5, 5.41) is 0. The van der Waals surface area contributed by atoms with Crippen molar-refractivity contribution >= 4 is 31.6 Å². The van der Waals surface area contributed by atoms with Crippen LogP contribution >= 0.6 is 15.9 Å². The maximum atomic E-state index is 12.1. The first-order chi connectivity index (χ1) is 9.36. The van der Waals surface area contributed by atoms with Crippen LogP contribution < -0.4 is 10.5 Å². The van der Waals surface area contributed by atoms with Crippen LogP contribution in [0, 0.1) is 0 Å². The van der Waals surface area contributed by atoms with Gasteiger partial charge in [-0.1, -0.05) is 0 Å². The van der Waals surface area contributed by atoms with E-state index in [1.54, 1.807) is 19.2 Å². The maximum absolute atomic E-state index is 12.1. The Labute approximate surface area is 128 Å². The fraction of sp³-hybridized carbons (Fsp3) is 0.500. The van der Waals surface area contributed by atoms with Crippen molar-refractivity contribution in [2.45, 2.75) is 4.90 Å². The van der Waals surface area contributed by atoms with Crippen LogP contribution in [0.2, 0.25) is 0 Å². The lowest BCUT2D eigenvalue weighted by Crippen LogP contribution is -2.34. The fourth-order valence-electron chi connectivity index (χ4n) is 1.54. The number of ether oxygens (including phenoxy) is 1. The molecule has 1 aromatic rings. The summed E-state index contributed by atoms with van der Waals surface area (Å²) in [6.07, 6.45) is 0. The van der Waals surface area contributed by atoms with Crippen LogP contribution in [0.3, 0.4) is 0 Å². The Morgan fingerprint density at radius 1 is 1.40 bits per heavy atom. The predicted molar refractivity (Wildman–Crippen MR) is 83.1 cm³/mol. The number of hydrogen-bond acceptors (Lipinski definition) is 5. The molecule has 0 bridgehead atoms. The van der Waals surface area contributed by atoms with Gasteiger partial charge < -0.3 is 15.4 Å². The highest BCUT2D eigenvalue weighted by Crippen LogP contribution is 2.23. The zero-order chi connectivity index (χ0) is 15.2. The van der Waals surface area contributed by atoms with Crippen molar-refractivity contribution in [1.82, 2.24) is 9.62 Å². The molecule has 3 N–H and O–H groups in total. The standard InChI is InChI=1S/C12H20BrN3O3S/c1-16(7-8-19-2)6-5-15-20(17,18)12-4-3-10(14)9-11(12)13/h3-4,9,15H,5-8,14H2,1-2H3. The molecule has 8 heteroatoms. The lowest BCUT2D eigenvalue weighted by molar-refractivity contribution is 0.162. The molecule has 0 atom stereocenters. The van der Waals surface area contributed by atoms with Gasteiger partial charge in [0.15, 0.2) is 0 Å². The summed E-state index contributed by atoms with van der Waals surface area (Å²) >= 11 is 3.21. The number of nitrogen functional groups attached to an aromatic ring is 1. The number of rotatable bonds is 8. The zero-order valence-corrected chi connectivity index (χ0v) is 14.0. The largest absolute Gasteiger partial charge is 0.399 e. The van der Waals surface area contributed by atoms with Crippen molar-refractivity contribution in [3.8, 4) is 0 Å². The summed E-state index contributed by atoms with van der Waals surface area (Å²) in [7, 11) is 0.00906. The number of likely N-dealkylation sites (N-methyl/N-ethyl adjacent to an activating group) is 1. The van der Waals surface area contributed by atoms with Gasteiger partial charge in [0.1, 0.15) is 0 Å². The van der Waals surface area contributed by atoms with Gasteiger partial charge in [-0.05, 0) is 41.2 Å². The van der Waals surface area contributed by atoms with Crippen LogP contribution in [0.15, 0.2) is 27.6 Å². The van der Waals surface area contributed by atoms with E-state index in [9.17, 15) is 8.42 Å². The van der Waals surface area contributed by atoms with Gasteiger partial charge in [0, 0.05) is 36.9 Å². The molecule has 0 unspecified atom stereocenters. The van der Waals surface area contributed by atoms with Gasteiger partial charge >= 0.3 is 0 Å². The molecule has 0 amide bonds. The molecule has 0 aliphatic carbocycles. The number of anilines is 1. The minimum Gasteiger partial charge on any atom is -0.399 e. The molecule has 0 saturated carbocycles. The van der Waals surface area contributed by atoms with Crippen molar-refractivity contribution in [2.24, 2.45) is 0 Å². The fourth-order valence-corrected chi connectivity index (χ4v) is 3.66. The van der Waals surface area contributed by atoms with E-state index in [-0.39, 0.29) is 4.90 Å². The molecule has 1 aromatic carbocycles. The second-order valence-corrected chi connectivity index (χ2v) is 6.97. The number of methoxy groups -OCH3 is 1. The SMILES string of the molecule is COCCN(C)CCNS(=O)(=O)c1ccc(N)cc1Br. The van der Waals surface area contributed by atoms with E-state index < -0.39 is 10.0 Å². The summed E-state index contributed by atoms with van der Waals surface area (Å²) < 4.78 is 32.2. The molecule has 0 radical (unpaired) electrons. The normalized spacial score (nSPS) is 12.0. The molecule has 0 aliphatic rings. The Morgan fingerprint density at radius 3 is 2.70 bits per heavy atom. The van der Waals surface area contributed by atoms with Crippen LogP contribution in [0.5, 0.6) is 0 Å². The quantitative estimate of drug-likeness (QED) is 0.668. The Bertz CT molecular complexity index is 537. The van der Waals surface area contributed by atoms with Crippen molar-refractivity contribution in [3.63, 3.8) is 0 Å². The van der Waals surface area contributed by atoms with Gasteiger partial charge in [-0.2, -0.15) is 0 Å². The molecule has 0 saturated heterocycles. The first-order valence-electron chi connectivity index (χ1n) is 6.09. The third-order valence-electron chi connectivity index (χ3n) is 2.71. The van der Waals surface area contributed by atoms with Crippen LogP contribution in [-0.2, 0) is 14.8 Å². The number of nitrogens with zero attached hydrogens (tertiary/aromatic N) is 1.